The van der Waals surface area contributed by atoms with Crippen LogP contribution in [0.3, 0.4) is 0 Å². The minimum atomic E-state index is 0.357. The second kappa shape index (κ2) is 6.20. The zero-order chi connectivity index (χ0) is 14.8. The first-order valence-corrected chi connectivity index (χ1v) is 8.00. The van der Waals surface area contributed by atoms with Crippen molar-refractivity contribution in [3.8, 4) is 0 Å². The summed E-state index contributed by atoms with van der Waals surface area (Å²) in [4.78, 5) is 0. The highest BCUT2D eigenvalue weighted by atomic mass is 16.5. The van der Waals surface area contributed by atoms with E-state index in [0.29, 0.717) is 19.3 Å². The van der Waals surface area contributed by atoms with E-state index >= 15 is 0 Å². The molecule has 1 fully saturated rings. The third-order valence-corrected chi connectivity index (χ3v) is 4.99. The third kappa shape index (κ3) is 2.99. The molecule has 3 atom stereocenters. The summed E-state index contributed by atoms with van der Waals surface area (Å²) < 4.78 is 12.0. The van der Waals surface area contributed by atoms with Crippen LogP contribution in [-0.2, 0) is 17.9 Å². The van der Waals surface area contributed by atoms with E-state index in [-0.39, 0.29) is 0 Å². The standard InChI is InChI=1S/C18H25NO2/c1-12-7-8-14(9-13(12)2)20-11-18-16(10-19)15-5-3-4-6-17(15)21-18/h3-6,12-14H,7-11,19H2,1-2H3. The number of rotatable bonds is 4. The summed E-state index contributed by atoms with van der Waals surface area (Å²) in [7, 11) is 0. The van der Waals surface area contributed by atoms with Gasteiger partial charge in [0.05, 0.1) is 6.10 Å². The molecule has 0 aliphatic heterocycles. The van der Waals surface area contributed by atoms with Crippen molar-refractivity contribution in [1.82, 2.24) is 0 Å². The average molecular weight is 287 g/mol. The minimum absolute atomic E-state index is 0.357. The van der Waals surface area contributed by atoms with Gasteiger partial charge < -0.3 is 14.9 Å². The van der Waals surface area contributed by atoms with Crippen LogP contribution in [0.2, 0.25) is 0 Å². The van der Waals surface area contributed by atoms with Gasteiger partial charge in [-0.15, -0.1) is 0 Å². The number of furan rings is 1. The first-order chi connectivity index (χ1) is 10.2. The molecule has 1 aliphatic carbocycles. The van der Waals surface area contributed by atoms with E-state index in [2.05, 4.69) is 19.9 Å². The van der Waals surface area contributed by atoms with Crippen LogP contribution in [0.5, 0.6) is 0 Å². The molecule has 2 aromatic rings. The number of fused-ring (bicyclic) bond motifs is 1. The Hall–Kier alpha value is -1.32. The highest BCUT2D eigenvalue weighted by molar-refractivity contribution is 5.82. The summed E-state index contributed by atoms with van der Waals surface area (Å²) in [5.41, 5.74) is 7.89. The minimum Gasteiger partial charge on any atom is -0.458 e. The topological polar surface area (TPSA) is 48.4 Å². The molecule has 3 unspecified atom stereocenters. The zero-order valence-electron chi connectivity index (χ0n) is 13.0. The van der Waals surface area contributed by atoms with Gasteiger partial charge in [0.2, 0.25) is 0 Å². The molecule has 3 rings (SSSR count). The summed E-state index contributed by atoms with van der Waals surface area (Å²) >= 11 is 0. The van der Waals surface area contributed by atoms with Crippen LogP contribution >= 0.6 is 0 Å². The van der Waals surface area contributed by atoms with Crippen molar-refractivity contribution in [3.63, 3.8) is 0 Å². The van der Waals surface area contributed by atoms with Gasteiger partial charge in [0.25, 0.3) is 0 Å². The molecular weight excluding hydrogens is 262 g/mol. The summed E-state index contributed by atoms with van der Waals surface area (Å²) in [6.45, 7) is 5.69. The van der Waals surface area contributed by atoms with Gasteiger partial charge in [-0.2, -0.15) is 0 Å². The summed E-state index contributed by atoms with van der Waals surface area (Å²) in [5.74, 6) is 2.45. The predicted molar refractivity (Wildman–Crippen MR) is 84.9 cm³/mol. The molecule has 114 valence electrons. The lowest BCUT2D eigenvalue weighted by Crippen LogP contribution is -2.26. The van der Waals surface area contributed by atoms with Gasteiger partial charge in [-0.3, -0.25) is 0 Å². The fourth-order valence-electron chi connectivity index (χ4n) is 3.33. The predicted octanol–water partition coefficient (Wildman–Crippen LogP) is 4.23. The second-order valence-electron chi connectivity index (χ2n) is 6.40. The summed E-state index contributed by atoms with van der Waals surface area (Å²) in [6, 6.07) is 8.06. The molecular formula is C18H25NO2. The highest BCUT2D eigenvalue weighted by Crippen LogP contribution is 2.32. The van der Waals surface area contributed by atoms with E-state index < -0.39 is 0 Å². The normalized spacial score (nSPS) is 26.3. The zero-order valence-corrected chi connectivity index (χ0v) is 13.0. The smallest absolute Gasteiger partial charge is 0.135 e. The molecule has 1 aromatic heterocycles. The van der Waals surface area contributed by atoms with E-state index in [1.54, 1.807) is 0 Å². The molecule has 2 N–H and O–H groups in total. The quantitative estimate of drug-likeness (QED) is 0.915. The first kappa shape index (κ1) is 14.6. The lowest BCUT2D eigenvalue weighted by molar-refractivity contribution is -0.0138. The molecule has 1 aliphatic rings. The Kier molecular flexibility index (Phi) is 4.32. The van der Waals surface area contributed by atoms with Crippen LogP contribution in [0.15, 0.2) is 28.7 Å². The van der Waals surface area contributed by atoms with Gasteiger partial charge >= 0.3 is 0 Å². The van der Waals surface area contributed by atoms with Crippen molar-refractivity contribution < 1.29 is 9.15 Å². The Balaban J connectivity index is 1.70. The second-order valence-corrected chi connectivity index (χ2v) is 6.40. The molecule has 1 heterocycles. The Labute approximate surface area is 126 Å². The van der Waals surface area contributed by atoms with Crippen molar-refractivity contribution in [1.29, 1.82) is 0 Å². The van der Waals surface area contributed by atoms with E-state index in [4.69, 9.17) is 14.9 Å². The maximum Gasteiger partial charge on any atom is 0.135 e. The molecule has 0 bridgehead atoms. The van der Waals surface area contributed by atoms with Crippen LogP contribution in [-0.4, -0.2) is 6.10 Å². The van der Waals surface area contributed by atoms with E-state index in [9.17, 15) is 0 Å². The van der Waals surface area contributed by atoms with Crippen molar-refractivity contribution >= 4 is 11.0 Å². The number of hydrogen-bond donors (Lipinski definition) is 1. The summed E-state index contributed by atoms with van der Waals surface area (Å²) in [5, 5.41) is 1.12. The molecule has 1 aromatic carbocycles. The van der Waals surface area contributed by atoms with Crippen LogP contribution in [0, 0.1) is 11.8 Å². The molecule has 3 heteroatoms. The Bertz CT molecular complexity index is 604. The molecule has 0 saturated heterocycles. The SMILES string of the molecule is CC1CCC(OCc2oc3ccccc3c2CN)CC1C. The summed E-state index contributed by atoms with van der Waals surface area (Å²) in [6.07, 6.45) is 3.92. The lowest BCUT2D eigenvalue weighted by atomic mass is 9.80. The van der Waals surface area contributed by atoms with Crippen molar-refractivity contribution in [2.75, 3.05) is 0 Å². The van der Waals surface area contributed by atoms with E-state index in [1.807, 2.05) is 18.2 Å². The van der Waals surface area contributed by atoms with Gasteiger partial charge in [0.1, 0.15) is 18.0 Å². The van der Waals surface area contributed by atoms with Gasteiger partial charge in [-0.1, -0.05) is 32.0 Å². The van der Waals surface area contributed by atoms with Gasteiger partial charge in [0, 0.05) is 17.5 Å². The first-order valence-electron chi connectivity index (χ1n) is 8.00. The Morgan fingerprint density at radius 2 is 2.00 bits per heavy atom. The number of para-hydroxylation sites is 1. The largest absolute Gasteiger partial charge is 0.458 e. The maximum absolute atomic E-state index is 6.11. The van der Waals surface area contributed by atoms with Crippen LogP contribution < -0.4 is 5.73 Å². The number of benzene rings is 1. The molecule has 0 amide bonds. The van der Waals surface area contributed by atoms with Gasteiger partial charge in [-0.25, -0.2) is 0 Å². The maximum atomic E-state index is 6.11. The molecule has 0 radical (unpaired) electrons. The van der Waals surface area contributed by atoms with E-state index in [1.165, 1.54) is 6.42 Å². The number of nitrogens with two attached hydrogens (primary N) is 1. The fourth-order valence-corrected chi connectivity index (χ4v) is 3.33. The highest BCUT2D eigenvalue weighted by Gasteiger charge is 2.25. The van der Waals surface area contributed by atoms with Crippen LogP contribution in [0.25, 0.3) is 11.0 Å². The third-order valence-electron chi connectivity index (χ3n) is 4.99. The molecule has 21 heavy (non-hydrogen) atoms. The van der Waals surface area contributed by atoms with E-state index in [0.717, 1.165) is 47.0 Å². The fraction of sp³-hybridized carbons (Fsp3) is 0.556. The monoisotopic (exact) mass is 287 g/mol. The molecule has 3 nitrogen and oxygen atoms in total. The van der Waals surface area contributed by atoms with Gasteiger partial charge in [-0.05, 0) is 37.2 Å². The Morgan fingerprint density at radius 3 is 2.76 bits per heavy atom. The van der Waals surface area contributed by atoms with Crippen LogP contribution in [0.4, 0.5) is 0 Å². The lowest BCUT2D eigenvalue weighted by Gasteiger charge is -2.31. The average Bonchev–Trinajstić information content (AvgIpc) is 2.86. The Morgan fingerprint density at radius 1 is 1.19 bits per heavy atom. The molecule has 0 spiro atoms. The van der Waals surface area contributed by atoms with Gasteiger partial charge in [0.15, 0.2) is 0 Å². The molecule has 1 saturated carbocycles. The van der Waals surface area contributed by atoms with Crippen molar-refractivity contribution in [3.05, 3.63) is 35.6 Å². The number of ether oxygens (including phenoxy) is 1. The van der Waals surface area contributed by atoms with Crippen molar-refractivity contribution in [2.45, 2.75) is 52.4 Å². The number of hydrogen-bond acceptors (Lipinski definition) is 3. The van der Waals surface area contributed by atoms with Crippen LogP contribution in [0.1, 0.15) is 44.4 Å². The van der Waals surface area contributed by atoms with Crippen molar-refractivity contribution in [2.24, 2.45) is 17.6 Å².